The Hall–Kier alpha value is -1.76. The monoisotopic (exact) mass is 359 g/mol. The van der Waals surface area contributed by atoms with Crippen LogP contribution in [0, 0.1) is 5.82 Å². The first-order chi connectivity index (χ1) is 12.4. The highest BCUT2D eigenvalue weighted by Crippen LogP contribution is 2.39. The van der Waals surface area contributed by atoms with Crippen molar-refractivity contribution in [1.82, 2.24) is 14.7 Å². The molecule has 3 heterocycles. The van der Waals surface area contributed by atoms with Crippen LogP contribution in [0.3, 0.4) is 0 Å². The minimum Gasteiger partial charge on any atom is -0.390 e. The van der Waals surface area contributed by atoms with Crippen molar-refractivity contribution in [2.45, 2.75) is 50.4 Å². The third-order valence-corrected chi connectivity index (χ3v) is 5.65. The Morgan fingerprint density at radius 2 is 1.92 bits per heavy atom. The molecule has 1 aromatic heterocycles. The average Bonchev–Trinajstić information content (AvgIpc) is 3.05. The van der Waals surface area contributed by atoms with Gasteiger partial charge in [-0.1, -0.05) is 0 Å². The topological polar surface area (TPSA) is 50.5 Å². The Kier molecular flexibility index (Phi) is 4.59. The molecule has 1 aromatic carbocycles. The molecule has 2 fully saturated rings. The van der Waals surface area contributed by atoms with E-state index in [1.54, 1.807) is 16.8 Å². The van der Waals surface area contributed by atoms with Crippen molar-refractivity contribution < 1.29 is 14.2 Å². The van der Waals surface area contributed by atoms with Crippen LogP contribution in [0.15, 0.2) is 36.7 Å². The fraction of sp³-hybridized carbons (Fsp3) is 0.550. The SMILES string of the molecule is CC1(O)CCOC2(CCN(Cc3cnn(-c4ccc(F)cc4)c3)CC2)C1. The second-order valence-corrected chi connectivity index (χ2v) is 8.00. The molecular weight excluding hydrogens is 333 g/mol. The highest BCUT2D eigenvalue weighted by Gasteiger charge is 2.44. The zero-order chi connectivity index (χ0) is 18.2. The minimum atomic E-state index is -0.600. The van der Waals surface area contributed by atoms with E-state index in [1.807, 2.05) is 19.3 Å². The predicted octanol–water partition coefficient (Wildman–Crippen LogP) is 2.91. The van der Waals surface area contributed by atoms with Crippen LogP contribution < -0.4 is 0 Å². The number of benzene rings is 1. The van der Waals surface area contributed by atoms with Gasteiger partial charge in [-0.3, -0.25) is 4.90 Å². The molecule has 2 aliphatic rings. The van der Waals surface area contributed by atoms with Crippen molar-refractivity contribution in [3.8, 4) is 5.69 Å². The maximum absolute atomic E-state index is 13.1. The van der Waals surface area contributed by atoms with Gasteiger partial charge in [0.2, 0.25) is 0 Å². The molecule has 0 radical (unpaired) electrons. The molecule has 5 nitrogen and oxygen atoms in total. The zero-order valence-electron chi connectivity index (χ0n) is 15.2. The number of hydrogen-bond donors (Lipinski definition) is 1. The third kappa shape index (κ3) is 3.82. The zero-order valence-corrected chi connectivity index (χ0v) is 15.2. The molecule has 2 aromatic rings. The van der Waals surface area contributed by atoms with Gasteiger partial charge in [0.15, 0.2) is 0 Å². The van der Waals surface area contributed by atoms with Gasteiger partial charge < -0.3 is 9.84 Å². The molecular formula is C20H26FN3O2. The molecule has 1 N–H and O–H groups in total. The second-order valence-electron chi connectivity index (χ2n) is 8.00. The van der Waals surface area contributed by atoms with Crippen LogP contribution in [0.5, 0.6) is 0 Å². The Morgan fingerprint density at radius 3 is 2.62 bits per heavy atom. The molecule has 6 heteroatoms. The number of piperidine rings is 1. The summed E-state index contributed by atoms with van der Waals surface area (Å²) in [5.74, 6) is -0.243. The molecule has 26 heavy (non-hydrogen) atoms. The minimum absolute atomic E-state index is 0.156. The first-order valence-electron chi connectivity index (χ1n) is 9.31. The fourth-order valence-electron chi connectivity index (χ4n) is 4.20. The Bertz CT molecular complexity index is 749. The molecule has 140 valence electrons. The van der Waals surface area contributed by atoms with E-state index >= 15 is 0 Å². The van der Waals surface area contributed by atoms with Crippen molar-refractivity contribution in [3.63, 3.8) is 0 Å². The van der Waals surface area contributed by atoms with E-state index in [1.165, 1.54) is 12.1 Å². The van der Waals surface area contributed by atoms with Gasteiger partial charge in [0.1, 0.15) is 5.82 Å². The van der Waals surface area contributed by atoms with E-state index in [2.05, 4.69) is 10.00 Å². The standard InChI is InChI=1S/C20H26FN3O2/c1-19(25)8-11-26-20(15-19)6-9-23(10-7-20)13-16-12-22-24(14-16)18-4-2-17(21)3-5-18/h2-5,12,14,25H,6-11,13,15H2,1H3. The molecule has 0 bridgehead atoms. The number of nitrogens with zero attached hydrogens (tertiary/aromatic N) is 3. The quantitative estimate of drug-likeness (QED) is 0.916. The van der Waals surface area contributed by atoms with Crippen LogP contribution in [-0.4, -0.2) is 50.7 Å². The molecule has 1 unspecified atom stereocenters. The summed E-state index contributed by atoms with van der Waals surface area (Å²) in [7, 11) is 0. The number of rotatable bonds is 3. The molecule has 2 saturated heterocycles. The number of likely N-dealkylation sites (tertiary alicyclic amines) is 1. The summed E-state index contributed by atoms with van der Waals surface area (Å²) in [5.41, 5.74) is 1.24. The second kappa shape index (κ2) is 6.76. The number of ether oxygens (including phenoxy) is 1. The van der Waals surface area contributed by atoms with E-state index in [-0.39, 0.29) is 11.4 Å². The van der Waals surface area contributed by atoms with Gasteiger partial charge >= 0.3 is 0 Å². The van der Waals surface area contributed by atoms with Gasteiger partial charge in [0, 0.05) is 37.8 Å². The number of aromatic nitrogens is 2. The Balaban J connectivity index is 1.36. The van der Waals surface area contributed by atoms with Gasteiger partial charge in [-0.2, -0.15) is 5.10 Å². The lowest BCUT2D eigenvalue weighted by Gasteiger charge is -2.48. The van der Waals surface area contributed by atoms with Gasteiger partial charge in [-0.15, -0.1) is 0 Å². The molecule has 0 aliphatic carbocycles. The van der Waals surface area contributed by atoms with Crippen molar-refractivity contribution in [2.24, 2.45) is 0 Å². The van der Waals surface area contributed by atoms with Gasteiger partial charge in [0.25, 0.3) is 0 Å². The largest absolute Gasteiger partial charge is 0.390 e. The maximum Gasteiger partial charge on any atom is 0.123 e. The highest BCUT2D eigenvalue weighted by molar-refractivity contribution is 5.31. The summed E-state index contributed by atoms with van der Waals surface area (Å²) >= 11 is 0. The Labute approximate surface area is 153 Å². The first kappa shape index (κ1) is 17.6. The van der Waals surface area contributed by atoms with Crippen LogP contribution in [0.1, 0.15) is 38.2 Å². The number of aliphatic hydroxyl groups is 1. The van der Waals surface area contributed by atoms with Crippen molar-refractivity contribution >= 4 is 0 Å². The summed E-state index contributed by atoms with van der Waals surface area (Å²) in [5, 5.41) is 14.8. The van der Waals surface area contributed by atoms with Crippen LogP contribution in [0.4, 0.5) is 4.39 Å². The van der Waals surface area contributed by atoms with Crippen LogP contribution in [0.25, 0.3) is 5.69 Å². The van der Waals surface area contributed by atoms with Crippen LogP contribution in [-0.2, 0) is 11.3 Å². The third-order valence-electron chi connectivity index (χ3n) is 5.65. The predicted molar refractivity (Wildman–Crippen MR) is 96.6 cm³/mol. The van der Waals surface area contributed by atoms with Crippen molar-refractivity contribution in [3.05, 3.63) is 48.0 Å². The van der Waals surface area contributed by atoms with Crippen LogP contribution >= 0.6 is 0 Å². The lowest BCUT2D eigenvalue weighted by molar-refractivity contribution is -0.173. The highest BCUT2D eigenvalue weighted by atomic mass is 19.1. The Morgan fingerprint density at radius 1 is 1.19 bits per heavy atom. The maximum atomic E-state index is 13.1. The van der Waals surface area contributed by atoms with E-state index in [9.17, 15) is 9.50 Å². The molecule has 0 saturated carbocycles. The van der Waals surface area contributed by atoms with E-state index in [4.69, 9.17) is 4.74 Å². The lowest BCUT2D eigenvalue weighted by atomic mass is 9.78. The van der Waals surface area contributed by atoms with Gasteiger partial charge in [-0.05, 0) is 50.5 Å². The molecule has 2 aliphatic heterocycles. The smallest absolute Gasteiger partial charge is 0.123 e. The van der Waals surface area contributed by atoms with Crippen molar-refractivity contribution in [2.75, 3.05) is 19.7 Å². The summed E-state index contributed by atoms with van der Waals surface area (Å²) in [6.07, 6.45) is 7.23. The lowest BCUT2D eigenvalue weighted by Crippen LogP contribution is -2.53. The van der Waals surface area contributed by atoms with E-state index < -0.39 is 5.60 Å². The normalized spacial score (nSPS) is 26.3. The van der Waals surface area contributed by atoms with Gasteiger partial charge in [0.05, 0.1) is 29.7 Å². The van der Waals surface area contributed by atoms with Crippen LogP contribution in [0.2, 0.25) is 0 Å². The number of hydrogen-bond acceptors (Lipinski definition) is 4. The fourth-order valence-corrected chi connectivity index (χ4v) is 4.20. The molecule has 1 atom stereocenters. The van der Waals surface area contributed by atoms with E-state index in [0.29, 0.717) is 6.61 Å². The summed E-state index contributed by atoms with van der Waals surface area (Å²) < 4.78 is 20.9. The molecule has 1 spiro atoms. The molecule has 0 amide bonds. The first-order valence-corrected chi connectivity index (χ1v) is 9.31. The van der Waals surface area contributed by atoms with Gasteiger partial charge in [-0.25, -0.2) is 9.07 Å². The average molecular weight is 359 g/mol. The number of halogens is 1. The summed E-state index contributed by atoms with van der Waals surface area (Å²) in [6, 6.07) is 6.34. The summed E-state index contributed by atoms with van der Waals surface area (Å²) in [4.78, 5) is 2.41. The van der Waals surface area contributed by atoms with Crippen molar-refractivity contribution in [1.29, 1.82) is 0 Å². The molecule has 4 rings (SSSR count). The summed E-state index contributed by atoms with van der Waals surface area (Å²) in [6.45, 7) is 5.33. The van der Waals surface area contributed by atoms with E-state index in [0.717, 1.165) is 56.6 Å².